The standard InChI is InChI=1S/C20H24ClN3O6S/c1-12-19(13(2)30-23-12)31(26,27)24-6-3-5-14(11-24)20(25)22-16-10-18-17(9-15(16)21)28-7-4-8-29-18/h9-10,14H,3-8,11H2,1-2H3,(H,22,25). The number of benzene rings is 1. The number of amides is 1. The Morgan fingerprint density at radius 1 is 1.19 bits per heavy atom. The van der Waals surface area contributed by atoms with Crippen LogP contribution in [-0.4, -0.2) is 50.1 Å². The molecule has 3 heterocycles. The van der Waals surface area contributed by atoms with Crippen LogP contribution in [0.5, 0.6) is 11.5 Å². The Morgan fingerprint density at radius 3 is 2.58 bits per heavy atom. The highest BCUT2D eigenvalue weighted by atomic mass is 35.5. The van der Waals surface area contributed by atoms with Gasteiger partial charge in [-0.1, -0.05) is 16.8 Å². The number of nitrogens with zero attached hydrogens (tertiary/aromatic N) is 2. The zero-order valence-electron chi connectivity index (χ0n) is 17.3. The molecule has 1 amide bonds. The molecule has 1 fully saturated rings. The van der Waals surface area contributed by atoms with Gasteiger partial charge in [-0.2, -0.15) is 4.31 Å². The minimum absolute atomic E-state index is 0.0690. The highest BCUT2D eigenvalue weighted by Crippen LogP contribution is 2.38. The predicted octanol–water partition coefficient (Wildman–Crippen LogP) is 3.15. The summed E-state index contributed by atoms with van der Waals surface area (Å²) in [7, 11) is -3.81. The fourth-order valence-electron chi connectivity index (χ4n) is 3.86. The summed E-state index contributed by atoms with van der Waals surface area (Å²) in [5, 5.41) is 6.89. The van der Waals surface area contributed by atoms with Gasteiger partial charge in [0, 0.05) is 31.6 Å². The zero-order chi connectivity index (χ0) is 22.2. The topological polar surface area (TPSA) is 111 Å². The Labute approximate surface area is 185 Å². The number of nitrogens with one attached hydrogen (secondary N) is 1. The summed E-state index contributed by atoms with van der Waals surface area (Å²) in [5.41, 5.74) is 0.713. The van der Waals surface area contributed by atoms with Gasteiger partial charge in [0.1, 0.15) is 10.6 Å². The quantitative estimate of drug-likeness (QED) is 0.732. The average Bonchev–Trinajstić information content (AvgIpc) is 2.94. The van der Waals surface area contributed by atoms with Crippen molar-refractivity contribution in [1.82, 2.24) is 9.46 Å². The van der Waals surface area contributed by atoms with Gasteiger partial charge in [-0.15, -0.1) is 0 Å². The molecule has 0 spiro atoms. The van der Waals surface area contributed by atoms with Gasteiger partial charge in [0.25, 0.3) is 0 Å². The van der Waals surface area contributed by atoms with Gasteiger partial charge in [-0.3, -0.25) is 4.79 Å². The molecule has 2 aromatic rings. The molecule has 0 bridgehead atoms. The molecule has 0 radical (unpaired) electrons. The lowest BCUT2D eigenvalue weighted by Gasteiger charge is -2.31. The van der Waals surface area contributed by atoms with E-state index in [1.54, 1.807) is 26.0 Å². The van der Waals surface area contributed by atoms with E-state index in [0.717, 1.165) is 6.42 Å². The maximum atomic E-state index is 13.1. The van der Waals surface area contributed by atoms with Crippen molar-refractivity contribution in [1.29, 1.82) is 0 Å². The van der Waals surface area contributed by atoms with Gasteiger partial charge in [-0.05, 0) is 26.7 Å². The molecule has 1 aromatic heterocycles. The van der Waals surface area contributed by atoms with Crippen molar-refractivity contribution >= 4 is 33.2 Å². The van der Waals surface area contributed by atoms with Gasteiger partial charge in [-0.25, -0.2) is 8.42 Å². The number of anilines is 1. The van der Waals surface area contributed by atoms with E-state index < -0.39 is 15.9 Å². The van der Waals surface area contributed by atoms with Crippen molar-refractivity contribution in [2.24, 2.45) is 5.92 Å². The van der Waals surface area contributed by atoms with Crippen LogP contribution in [0.4, 0.5) is 5.69 Å². The van der Waals surface area contributed by atoms with Crippen molar-refractivity contribution in [3.63, 3.8) is 0 Å². The molecule has 9 nitrogen and oxygen atoms in total. The number of sulfonamides is 1. The maximum Gasteiger partial charge on any atom is 0.248 e. The van der Waals surface area contributed by atoms with Gasteiger partial charge >= 0.3 is 0 Å². The number of hydrogen-bond acceptors (Lipinski definition) is 7. The second-order valence-corrected chi connectivity index (χ2v) is 9.96. The van der Waals surface area contributed by atoms with Crippen LogP contribution in [0.3, 0.4) is 0 Å². The maximum absolute atomic E-state index is 13.1. The molecule has 0 saturated carbocycles. The Hall–Kier alpha value is -2.30. The summed E-state index contributed by atoms with van der Waals surface area (Å²) in [6.07, 6.45) is 1.89. The molecule has 4 rings (SSSR count). The van der Waals surface area contributed by atoms with Crippen LogP contribution in [0.2, 0.25) is 5.02 Å². The minimum Gasteiger partial charge on any atom is -0.490 e. The molecule has 0 aliphatic carbocycles. The van der Waals surface area contributed by atoms with E-state index in [2.05, 4.69) is 10.5 Å². The summed E-state index contributed by atoms with van der Waals surface area (Å²) in [6, 6.07) is 3.26. The number of fused-ring (bicyclic) bond motifs is 1. The van der Waals surface area contributed by atoms with E-state index in [0.29, 0.717) is 60.5 Å². The summed E-state index contributed by atoms with van der Waals surface area (Å²) >= 11 is 6.33. The number of carbonyl (C=O) groups excluding carboxylic acids is 1. The average molecular weight is 470 g/mol. The lowest BCUT2D eigenvalue weighted by atomic mass is 9.98. The van der Waals surface area contributed by atoms with Crippen LogP contribution < -0.4 is 14.8 Å². The summed E-state index contributed by atoms with van der Waals surface area (Å²) in [4.78, 5) is 13.0. The highest BCUT2D eigenvalue weighted by molar-refractivity contribution is 7.89. The van der Waals surface area contributed by atoms with Crippen molar-refractivity contribution < 1.29 is 27.2 Å². The number of halogens is 1. The van der Waals surface area contributed by atoms with E-state index >= 15 is 0 Å². The van der Waals surface area contributed by atoms with Crippen LogP contribution in [-0.2, 0) is 14.8 Å². The van der Waals surface area contributed by atoms with Crippen molar-refractivity contribution in [2.75, 3.05) is 31.6 Å². The largest absolute Gasteiger partial charge is 0.490 e. The fourth-order valence-corrected chi connectivity index (χ4v) is 5.88. The Morgan fingerprint density at radius 2 is 1.90 bits per heavy atom. The van der Waals surface area contributed by atoms with Crippen molar-refractivity contribution in [3.05, 3.63) is 28.6 Å². The molecule has 2 aliphatic heterocycles. The molecule has 1 N–H and O–H groups in total. The van der Waals surface area contributed by atoms with Crippen LogP contribution >= 0.6 is 11.6 Å². The molecular weight excluding hydrogens is 446 g/mol. The first kappa shape index (κ1) is 21.9. The second kappa shape index (κ2) is 8.68. The van der Waals surface area contributed by atoms with Crippen LogP contribution in [0, 0.1) is 19.8 Å². The monoisotopic (exact) mass is 469 g/mol. The minimum atomic E-state index is -3.81. The number of aromatic nitrogens is 1. The first-order chi connectivity index (χ1) is 14.8. The summed E-state index contributed by atoms with van der Waals surface area (Å²) < 4.78 is 43.8. The first-order valence-electron chi connectivity index (χ1n) is 10.1. The number of hydrogen-bond donors (Lipinski definition) is 1. The van der Waals surface area contributed by atoms with Gasteiger partial charge in [0.15, 0.2) is 17.3 Å². The number of aryl methyl sites for hydroxylation is 2. The molecule has 1 saturated heterocycles. The van der Waals surface area contributed by atoms with Crippen molar-refractivity contribution in [2.45, 2.75) is 38.0 Å². The number of rotatable bonds is 4. The first-order valence-corrected chi connectivity index (χ1v) is 11.9. The zero-order valence-corrected chi connectivity index (χ0v) is 18.9. The Balaban J connectivity index is 1.50. The van der Waals surface area contributed by atoms with Gasteiger partial charge in [0.05, 0.1) is 29.8 Å². The summed E-state index contributed by atoms with van der Waals surface area (Å²) in [5.74, 6) is 0.479. The third-order valence-corrected chi connectivity index (χ3v) is 7.84. The summed E-state index contributed by atoms with van der Waals surface area (Å²) in [6.45, 7) is 4.60. The van der Waals surface area contributed by atoms with Gasteiger partial charge < -0.3 is 19.3 Å². The smallest absolute Gasteiger partial charge is 0.248 e. The molecule has 2 aliphatic rings. The number of ether oxygens (including phenoxy) is 2. The molecule has 168 valence electrons. The van der Waals surface area contributed by atoms with E-state index in [1.807, 2.05) is 0 Å². The van der Waals surface area contributed by atoms with Crippen LogP contribution in [0.1, 0.15) is 30.7 Å². The number of carbonyl (C=O) groups is 1. The highest BCUT2D eigenvalue weighted by Gasteiger charge is 2.36. The van der Waals surface area contributed by atoms with E-state index in [9.17, 15) is 13.2 Å². The van der Waals surface area contributed by atoms with E-state index in [-0.39, 0.29) is 23.1 Å². The van der Waals surface area contributed by atoms with Crippen LogP contribution in [0.15, 0.2) is 21.6 Å². The number of piperidine rings is 1. The molecule has 1 atom stereocenters. The normalized spacial score (nSPS) is 19.6. The fraction of sp³-hybridized carbons (Fsp3) is 0.500. The Kier molecular flexibility index (Phi) is 6.14. The van der Waals surface area contributed by atoms with E-state index in [4.69, 9.17) is 25.6 Å². The third-order valence-electron chi connectivity index (χ3n) is 5.42. The second-order valence-electron chi connectivity index (χ2n) is 7.67. The van der Waals surface area contributed by atoms with E-state index in [1.165, 1.54) is 4.31 Å². The van der Waals surface area contributed by atoms with Crippen LogP contribution in [0.25, 0.3) is 0 Å². The van der Waals surface area contributed by atoms with Gasteiger partial charge in [0.2, 0.25) is 15.9 Å². The van der Waals surface area contributed by atoms with Crippen molar-refractivity contribution in [3.8, 4) is 11.5 Å². The predicted molar refractivity (Wildman–Crippen MR) is 113 cm³/mol. The lowest BCUT2D eigenvalue weighted by Crippen LogP contribution is -2.43. The third kappa shape index (κ3) is 4.37. The molecule has 11 heteroatoms. The molecule has 1 aromatic carbocycles. The SMILES string of the molecule is Cc1noc(C)c1S(=O)(=O)N1CCCC(C(=O)Nc2cc3c(cc2Cl)OCCCO3)C1. The molecule has 31 heavy (non-hydrogen) atoms. The molecule has 1 unspecified atom stereocenters. The molecular formula is C20H24ClN3O6S. The lowest BCUT2D eigenvalue weighted by molar-refractivity contribution is -0.120. The Bertz CT molecular complexity index is 1080.